The third kappa shape index (κ3) is 3.66. The van der Waals surface area contributed by atoms with Crippen LogP contribution in [0.25, 0.3) is 11.1 Å². The molecule has 146 valence electrons. The first kappa shape index (κ1) is 18.7. The van der Waals surface area contributed by atoms with E-state index >= 15 is 0 Å². The summed E-state index contributed by atoms with van der Waals surface area (Å²) in [5.41, 5.74) is 2.95. The van der Waals surface area contributed by atoms with Crippen molar-refractivity contribution in [3.63, 3.8) is 0 Å². The number of hydrogen-bond acceptors (Lipinski definition) is 3. The number of likely N-dealkylation sites (tertiary alicyclic amines) is 1. The van der Waals surface area contributed by atoms with Gasteiger partial charge in [0.2, 0.25) is 11.8 Å². The Balaban J connectivity index is 1.59. The van der Waals surface area contributed by atoms with Crippen molar-refractivity contribution in [2.75, 3.05) is 20.1 Å². The van der Waals surface area contributed by atoms with E-state index in [2.05, 4.69) is 22.4 Å². The van der Waals surface area contributed by atoms with E-state index in [1.807, 2.05) is 29.2 Å². The predicted octanol–water partition coefficient (Wildman–Crippen LogP) is 3.06. The lowest BCUT2D eigenvalue weighted by molar-refractivity contribution is -0.141. The number of amides is 2. The summed E-state index contributed by atoms with van der Waals surface area (Å²) in [6.07, 6.45) is 7.72. The predicted molar refractivity (Wildman–Crippen MR) is 108 cm³/mol. The zero-order valence-electron chi connectivity index (χ0n) is 16.4. The number of benzene rings is 1. The van der Waals surface area contributed by atoms with Crippen LogP contribution in [0, 0.1) is 11.3 Å². The zero-order chi connectivity index (χ0) is 19.6. The number of carbonyl (C=O) groups excluding carboxylic acids is 2. The molecule has 4 rings (SSSR count). The third-order valence-corrected chi connectivity index (χ3v) is 6.21. The van der Waals surface area contributed by atoms with E-state index in [0.717, 1.165) is 24.0 Å². The first-order valence-corrected chi connectivity index (χ1v) is 10.1. The molecule has 1 N–H and O–H groups in total. The molecule has 5 nitrogen and oxygen atoms in total. The molecule has 1 aliphatic carbocycles. The molecule has 0 spiro atoms. The molecule has 2 fully saturated rings. The van der Waals surface area contributed by atoms with Gasteiger partial charge in [0.15, 0.2) is 0 Å². The van der Waals surface area contributed by atoms with Crippen molar-refractivity contribution in [1.29, 1.82) is 0 Å². The van der Waals surface area contributed by atoms with Crippen molar-refractivity contribution in [2.45, 2.75) is 32.1 Å². The van der Waals surface area contributed by atoms with E-state index in [1.165, 1.54) is 5.56 Å². The van der Waals surface area contributed by atoms with Crippen LogP contribution in [0.5, 0.6) is 0 Å². The van der Waals surface area contributed by atoms with Gasteiger partial charge in [0.1, 0.15) is 0 Å². The highest BCUT2D eigenvalue weighted by atomic mass is 16.2. The average Bonchev–Trinajstić information content (AvgIpc) is 3.59. The van der Waals surface area contributed by atoms with Crippen molar-refractivity contribution in [3.8, 4) is 11.1 Å². The Labute approximate surface area is 166 Å². The second-order valence-electron chi connectivity index (χ2n) is 8.03. The number of hydrogen-bond donors (Lipinski definition) is 1. The Morgan fingerprint density at radius 1 is 1.11 bits per heavy atom. The SMILES string of the molecule is CNC(=O)C1(Cc2ccccc2-c2ccncc2)CCN(C(=O)C2CC2)CC1. The minimum Gasteiger partial charge on any atom is -0.359 e. The van der Waals surface area contributed by atoms with Crippen LogP contribution in [0.15, 0.2) is 48.8 Å². The van der Waals surface area contributed by atoms with Crippen LogP contribution in [-0.2, 0) is 16.0 Å². The summed E-state index contributed by atoms with van der Waals surface area (Å²) in [7, 11) is 1.71. The van der Waals surface area contributed by atoms with Gasteiger partial charge in [-0.2, -0.15) is 0 Å². The van der Waals surface area contributed by atoms with E-state index in [1.54, 1.807) is 19.4 Å². The smallest absolute Gasteiger partial charge is 0.226 e. The van der Waals surface area contributed by atoms with Crippen molar-refractivity contribution in [1.82, 2.24) is 15.2 Å². The fourth-order valence-corrected chi connectivity index (χ4v) is 4.35. The Morgan fingerprint density at radius 2 is 1.79 bits per heavy atom. The van der Waals surface area contributed by atoms with Crippen molar-refractivity contribution >= 4 is 11.8 Å². The number of aromatic nitrogens is 1. The van der Waals surface area contributed by atoms with Crippen LogP contribution in [0.2, 0.25) is 0 Å². The number of piperidine rings is 1. The molecule has 0 radical (unpaired) electrons. The Hall–Kier alpha value is -2.69. The number of carbonyl (C=O) groups is 2. The van der Waals surface area contributed by atoms with Crippen LogP contribution in [-0.4, -0.2) is 41.8 Å². The molecule has 1 saturated heterocycles. The van der Waals surface area contributed by atoms with Crippen LogP contribution in [0.1, 0.15) is 31.2 Å². The lowest BCUT2D eigenvalue weighted by Gasteiger charge is -2.41. The molecule has 0 atom stereocenters. The maximum absolute atomic E-state index is 12.9. The maximum atomic E-state index is 12.9. The van der Waals surface area contributed by atoms with Crippen molar-refractivity contribution < 1.29 is 9.59 Å². The molecule has 2 aromatic rings. The molecule has 1 aromatic heterocycles. The molecule has 2 aliphatic rings. The average molecular weight is 377 g/mol. The summed E-state index contributed by atoms with van der Waals surface area (Å²) >= 11 is 0. The van der Waals surface area contributed by atoms with Gasteiger partial charge in [-0.05, 0) is 60.9 Å². The summed E-state index contributed by atoms with van der Waals surface area (Å²) in [5.74, 6) is 0.596. The number of nitrogens with one attached hydrogen (secondary N) is 1. The van der Waals surface area contributed by atoms with E-state index in [0.29, 0.717) is 32.4 Å². The number of pyridine rings is 1. The molecular weight excluding hydrogens is 350 g/mol. The Bertz CT molecular complexity index is 853. The highest BCUT2D eigenvalue weighted by Gasteiger charge is 2.44. The molecule has 1 aromatic carbocycles. The molecule has 1 saturated carbocycles. The molecule has 0 unspecified atom stereocenters. The summed E-state index contributed by atoms with van der Waals surface area (Å²) in [5, 5.41) is 2.88. The monoisotopic (exact) mass is 377 g/mol. The van der Waals surface area contributed by atoms with Gasteiger partial charge in [0, 0.05) is 38.4 Å². The molecule has 2 amide bonds. The van der Waals surface area contributed by atoms with Gasteiger partial charge in [-0.1, -0.05) is 24.3 Å². The molecule has 28 heavy (non-hydrogen) atoms. The minimum atomic E-state index is -0.474. The molecule has 2 heterocycles. The highest BCUT2D eigenvalue weighted by molar-refractivity contribution is 5.85. The van der Waals surface area contributed by atoms with Gasteiger partial charge in [-0.3, -0.25) is 14.6 Å². The highest BCUT2D eigenvalue weighted by Crippen LogP contribution is 2.40. The van der Waals surface area contributed by atoms with Gasteiger partial charge >= 0.3 is 0 Å². The van der Waals surface area contributed by atoms with Gasteiger partial charge in [-0.25, -0.2) is 0 Å². The minimum absolute atomic E-state index is 0.0792. The largest absolute Gasteiger partial charge is 0.359 e. The quantitative estimate of drug-likeness (QED) is 0.871. The maximum Gasteiger partial charge on any atom is 0.226 e. The standard InChI is InChI=1S/C23H27N3O2/c1-24-22(28)23(10-14-26(15-11-23)21(27)18-6-7-18)16-19-4-2-3-5-20(19)17-8-12-25-13-9-17/h2-5,8-9,12-13,18H,6-7,10-11,14-16H2,1H3,(H,24,28). The normalized spacial score (nSPS) is 18.5. The summed E-state index contributed by atoms with van der Waals surface area (Å²) in [4.78, 5) is 31.4. The van der Waals surface area contributed by atoms with Crippen LogP contribution < -0.4 is 5.32 Å². The second-order valence-corrected chi connectivity index (χ2v) is 8.03. The van der Waals surface area contributed by atoms with Crippen LogP contribution in [0.3, 0.4) is 0 Å². The number of rotatable bonds is 5. The first-order chi connectivity index (χ1) is 13.6. The summed E-state index contributed by atoms with van der Waals surface area (Å²) in [6, 6.07) is 12.3. The lowest BCUT2D eigenvalue weighted by atomic mass is 9.72. The van der Waals surface area contributed by atoms with E-state index in [-0.39, 0.29) is 17.7 Å². The van der Waals surface area contributed by atoms with Crippen molar-refractivity contribution in [2.24, 2.45) is 11.3 Å². The van der Waals surface area contributed by atoms with Gasteiger partial charge < -0.3 is 10.2 Å². The van der Waals surface area contributed by atoms with Gasteiger partial charge in [-0.15, -0.1) is 0 Å². The molecular formula is C23H27N3O2. The molecule has 5 heteroatoms. The Kier molecular flexibility index (Phi) is 5.16. The Morgan fingerprint density at radius 3 is 2.43 bits per heavy atom. The van der Waals surface area contributed by atoms with Crippen LogP contribution >= 0.6 is 0 Å². The van der Waals surface area contributed by atoms with E-state index < -0.39 is 5.41 Å². The third-order valence-electron chi connectivity index (χ3n) is 6.21. The lowest BCUT2D eigenvalue weighted by Crippen LogP contribution is -2.51. The second kappa shape index (κ2) is 7.74. The summed E-state index contributed by atoms with van der Waals surface area (Å²) in [6.45, 7) is 1.33. The van der Waals surface area contributed by atoms with Gasteiger partial charge in [0.05, 0.1) is 5.41 Å². The fraction of sp³-hybridized carbons (Fsp3) is 0.435. The van der Waals surface area contributed by atoms with E-state index in [4.69, 9.17) is 0 Å². The van der Waals surface area contributed by atoms with Crippen molar-refractivity contribution in [3.05, 3.63) is 54.4 Å². The number of nitrogens with zero attached hydrogens (tertiary/aromatic N) is 2. The molecule has 1 aliphatic heterocycles. The topological polar surface area (TPSA) is 62.3 Å². The van der Waals surface area contributed by atoms with E-state index in [9.17, 15) is 9.59 Å². The summed E-state index contributed by atoms with van der Waals surface area (Å²) < 4.78 is 0. The first-order valence-electron chi connectivity index (χ1n) is 10.1. The zero-order valence-corrected chi connectivity index (χ0v) is 16.4. The molecule has 0 bridgehead atoms. The van der Waals surface area contributed by atoms with Crippen LogP contribution in [0.4, 0.5) is 0 Å². The van der Waals surface area contributed by atoms with Gasteiger partial charge in [0.25, 0.3) is 0 Å². The fourth-order valence-electron chi connectivity index (χ4n) is 4.35.